The van der Waals surface area contributed by atoms with Crippen molar-refractivity contribution in [1.82, 2.24) is 0 Å². The molecule has 16 nitrogen and oxygen atoms in total. The highest BCUT2D eigenvalue weighted by Crippen LogP contribution is 2.26. The van der Waals surface area contributed by atoms with E-state index < -0.39 is 97.7 Å². The number of hydrogen-bond donors (Lipinski definition) is 12. The Kier molecular flexibility index (Phi) is 25.9. The van der Waals surface area contributed by atoms with Crippen molar-refractivity contribution in [2.45, 2.75) is 196 Å². The molecule has 55 heavy (non-hydrogen) atoms. The lowest BCUT2D eigenvalue weighted by molar-refractivity contribution is -0.306. The Morgan fingerprint density at radius 1 is 0.709 bits per heavy atom. The van der Waals surface area contributed by atoms with Crippen molar-refractivity contribution < 1.29 is 75.5 Å². The fourth-order valence-electron chi connectivity index (χ4n) is 6.48. The second-order valence-corrected chi connectivity index (χ2v) is 15.0. The first-order chi connectivity index (χ1) is 25.9. The summed E-state index contributed by atoms with van der Waals surface area (Å²) in [5.74, 6) is -1.10. The van der Waals surface area contributed by atoms with Gasteiger partial charge in [0, 0.05) is 31.7 Å². The van der Waals surface area contributed by atoms with Gasteiger partial charge < -0.3 is 70.8 Å². The van der Waals surface area contributed by atoms with Gasteiger partial charge in [0.25, 0.3) is 0 Å². The van der Waals surface area contributed by atoms with Crippen LogP contribution in [0.1, 0.15) is 105 Å². The monoisotopic (exact) mass is 793 g/mol. The maximum atomic E-state index is 12.9. The van der Waals surface area contributed by atoms with Gasteiger partial charge in [-0.25, -0.2) is 0 Å². The fraction of sp³-hybridized carbons (Fsp3) is 0.846. The minimum absolute atomic E-state index is 0.0619. The van der Waals surface area contributed by atoms with Gasteiger partial charge in [0.1, 0.15) is 24.1 Å². The van der Waals surface area contributed by atoms with Gasteiger partial charge in [-0.3, -0.25) is 9.79 Å². The van der Waals surface area contributed by atoms with Crippen LogP contribution in [0.15, 0.2) is 29.3 Å². The van der Waals surface area contributed by atoms with E-state index in [1.807, 2.05) is 6.92 Å². The summed E-state index contributed by atoms with van der Waals surface area (Å²) < 4.78 is 11.2. The molecule has 0 aromatic heterocycles. The molecule has 1 heterocycles. The number of aliphatic hydroxyl groups excluding tert-OH is 12. The summed E-state index contributed by atoms with van der Waals surface area (Å²) in [6.07, 6.45) is -7.51. The van der Waals surface area contributed by atoms with Gasteiger partial charge in [-0.2, -0.15) is 0 Å². The van der Waals surface area contributed by atoms with Gasteiger partial charge in [0.2, 0.25) is 0 Å². The van der Waals surface area contributed by atoms with Crippen LogP contribution in [0.3, 0.4) is 0 Å². The third-order valence-corrected chi connectivity index (χ3v) is 9.77. The van der Waals surface area contributed by atoms with Crippen LogP contribution >= 0.6 is 0 Å². The van der Waals surface area contributed by atoms with E-state index >= 15 is 0 Å². The number of nitrogens with zero attached hydrogens (tertiary/aromatic N) is 1. The molecule has 0 aliphatic carbocycles. The van der Waals surface area contributed by atoms with Crippen LogP contribution in [0.5, 0.6) is 0 Å². The molecule has 1 fully saturated rings. The normalized spacial score (nSPS) is 27.1. The van der Waals surface area contributed by atoms with Gasteiger partial charge >= 0.3 is 0 Å². The lowest BCUT2D eigenvalue weighted by Gasteiger charge is -2.40. The average molecular weight is 794 g/mol. The first-order valence-corrected chi connectivity index (χ1v) is 19.7. The van der Waals surface area contributed by atoms with Crippen molar-refractivity contribution in [3.05, 3.63) is 24.3 Å². The zero-order chi connectivity index (χ0) is 41.7. The molecule has 0 aromatic carbocycles. The Balaban J connectivity index is 2.36. The molecule has 0 aromatic rings. The van der Waals surface area contributed by atoms with E-state index in [1.54, 1.807) is 26.1 Å². The van der Waals surface area contributed by atoms with Crippen LogP contribution < -0.4 is 0 Å². The van der Waals surface area contributed by atoms with Crippen molar-refractivity contribution in [2.24, 2.45) is 10.9 Å². The molecule has 0 spiro atoms. The smallest absolute Gasteiger partial charge is 0.186 e. The fourth-order valence-corrected chi connectivity index (χ4v) is 6.48. The molecule has 0 bridgehead atoms. The number of rotatable bonds is 29. The topological polar surface area (TPSA) is 291 Å². The molecule has 16 atom stereocenters. The summed E-state index contributed by atoms with van der Waals surface area (Å²) in [4.78, 5) is 17.0. The van der Waals surface area contributed by atoms with Gasteiger partial charge in [-0.15, -0.1) is 0 Å². The highest BCUT2D eigenvalue weighted by Gasteiger charge is 2.44. The quantitative estimate of drug-likeness (QED) is 0.0260. The van der Waals surface area contributed by atoms with E-state index in [1.165, 1.54) is 25.2 Å². The highest BCUT2D eigenvalue weighted by atomic mass is 16.7. The molecule has 1 saturated heterocycles. The van der Waals surface area contributed by atoms with E-state index in [9.17, 15) is 66.1 Å². The second kappa shape index (κ2) is 27.8. The Bertz CT molecular complexity index is 1110. The van der Waals surface area contributed by atoms with Crippen LogP contribution in [0.4, 0.5) is 0 Å². The third kappa shape index (κ3) is 21.6. The van der Waals surface area contributed by atoms with E-state index in [4.69, 9.17) is 9.47 Å². The summed E-state index contributed by atoms with van der Waals surface area (Å²) >= 11 is 0. The summed E-state index contributed by atoms with van der Waals surface area (Å²) in [7, 11) is 0. The number of hydrogen-bond acceptors (Lipinski definition) is 16. The lowest BCUT2D eigenvalue weighted by atomic mass is 9.91. The van der Waals surface area contributed by atoms with Crippen molar-refractivity contribution in [2.75, 3.05) is 6.54 Å². The number of aliphatic imine (C=N–C) groups is 1. The number of aliphatic hydroxyl groups is 12. The average Bonchev–Trinajstić information content (AvgIpc) is 3.09. The molecule has 1 aliphatic rings. The Labute approximate surface area is 325 Å². The van der Waals surface area contributed by atoms with E-state index in [2.05, 4.69) is 4.99 Å². The molecule has 0 amide bonds. The minimum atomic E-state index is -1.53. The van der Waals surface area contributed by atoms with E-state index in [0.29, 0.717) is 25.8 Å². The Morgan fingerprint density at radius 2 is 1.20 bits per heavy atom. The molecule has 16 unspecified atom stereocenters. The summed E-state index contributed by atoms with van der Waals surface area (Å²) in [5.41, 5.74) is 0. The largest absolute Gasteiger partial charge is 0.393 e. The number of carbonyl (C=O) groups excluding carboxylic acids is 1. The molecule has 0 saturated carbocycles. The van der Waals surface area contributed by atoms with Crippen LogP contribution in [0.25, 0.3) is 0 Å². The Hall–Kier alpha value is -1.74. The van der Waals surface area contributed by atoms with Gasteiger partial charge in [0.15, 0.2) is 6.29 Å². The first kappa shape index (κ1) is 51.3. The predicted octanol–water partition coefficient (Wildman–Crippen LogP) is -0.443. The SMILES string of the molecule is CC=NCCCC(O)CC(O)C/C=C/C(O)CC(O)CC(O)CC(O)C/C=C/C(O)CC(O)CC(O)CC(=O)C(C)C(CC)OC1OC(C)C(O)C(O)C1O. The van der Waals surface area contributed by atoms with E-state index in [-0.39, 0.29) is 63.6 Å². The van der Waals surface area contributed by atoms with Crippen molar-refractivity contribution >= 4 is 12.0 Å². The van der Waals surface area contributed by atoms with Crippen LogP contribution in [-0.4, -0.2) is 172 Å². The summed E-state index contributed by atoms with van der Waals surface area (Å²) in [5, 5.41) is 123. The number of ether oxygens (including phenoxy) is 2. The molecule has 16 heteroatoms. The van der Waals surface area contributed by atoms with Gasteiger partial charge in [0.05, 0.1) is 67.1 Å². The molecule has 12 N–H and O–H groups in total. The minimum Gasteiger partial charge on any atom is -0.393 e. The number of ketones is 1. The van der Waals surface area contributed by atoms with Crippen LogP contribution in [-0.2, 0) is 14.3 Å². The zero-order valence-electron chi connectivity index (χ0n) is 32.9. The summed E-state index contributed by atoms with van der Waals surface area (Å²) in [6.45, 7) is 7.30. The molecule has 1 rings (SSSR count). The maximum Gasteiger partial charge on any atom is 0.186 e. The number of carbonyl (C=O) groups is 1. The van der Waals surface area contributed by atoms with Crippen molar-refractivity contribution in [3.8, 4) is 0 Å². The first-order valence-electron chi connectivity index (χ1n) is 19.7. The standard InChI is InChI=1S/C39H71NO15/c1-5-35(55-39-38(53)37(52)36(51)24(4)54-39)23(3)34(50)22-33(49)21-32(48)19-28(44)13-8-12-27(43)18-31(47)20-30(46)17-26(42)11-7-10-25(41)16-29(45)14-9-15-40-6-2/h6-8,11,13,23-33,35-39,41-49,51-53H,5,9-10,12,14-22H2,1-4H3/b11-7+,13-8+,40-6?. The number of Topliss-reactive ketones (excluding diaryl/α,β-unsaturated/α-hetero) is 1. The lowest BCUT2D eigenvalue weighted by Crippen LogP contribution is -2.58. The molecular formula is C39H71NO15. The zero-order valence-corrected chi connectivity index (χ0v) is 32.9. The second-order valence-electron chi connectivity index (χ2n) is 15.0. The van der Waals surface area contributed by atoms with Crippen molar-refractivity contribution in [1.29, 1.82) is 0 Å². The van der Waals surface area contributed by atoms with Crippen molar-refractivity contribution in [3.63, 3.8) is 0 Å². The third-order valence-electron chi connectivity index (χ3n) is 9.77. The van der Waals surface area contributed by atoms with Crippen LogP contribution in [0, 0.1) is 5.92 Å². The molecule has 1 aliphatic heterocycles. The maximum absolute atomic E-state index is 12.9. The predicted molar refractivity (Wildman–Crippen MR) is 204 cm³/mol. The highest BCUT2D eigenvalue weighted by molar-refractivity contribution is 5.81. The molecular weight excluding hydrogens is 722 g/mol. The Morgan fingerprint density at radius 3 is 1.73 bits per heavy atom. The molecule has 0 radical (unpaired) electrons. The molecule has 322 valence electrons. The summed E-state index contributed by atoms with van der Waals surface area (Å²) in [6, 6.07) is 0. The van der Waals surface area contributed by atoms with E-state index in [0.717, 1.165) is 0 Å². The van der Waals surface area contributed by atoms with Crippen LogP contribution in [0.2, 0.25) is 0 Å². The van der Waals surface area contributed by atoms with Gasteiger partial charge in [-0.05, 0) is 77.8 Å². The van der Waals surface area contributed by atoms with Gasteiger partial charge in [-0.1, -0.05) is 38.2 Å².